The normalized spacial score (nSPS) is 12.4. The molecule has 0 saturated carbocycles. The van der Waals surface area contributed by atoms with E-state index < -0.39 is 0 Å². The maximum atomic E-state index is 10.0. The van der Waals surface area contributed by atoms with Crippen molar-refractivity contribution in [1.29, 1.82) is 5.26 Å². The Hall–Kier alpha value is -10.6. The van der Waals surface area contributed by atoms with Crippen LogP contribution in [0.25, 0.3) is 139 Å². The number of aromatic nitrogens is 7. The first kappa shape index (κ1) is 43.7. The molecule has 1 aliphatic carbocycles. The van der Waals surface area contributed by atoms with E-state index in [1.165, 1.54) is 10.9 Å². The number of nitrogens with zero attached hydrogens (tertiary/aromatic N) is 8. The zero-order valence-corrected chi connectivity index (χ0v) is 42.1. The van der Waals surface area contributed by atoms with Gasteiger partial charge in [0.1, 0.15) is 11.4 Å². The van der Waals surface area contributed by atoms with Crippen molar-refractivity contribution in [2.45, 2.75) is 12.8 Å². The zero-order chi connectivity index (χ0) is 51.4. The van der Waals surface area contributed by atoms with Gasteiger partial charge in [-0.2, -0.15) is 5.26 Å². The highest BCUT2D eigenvalue weighted by Crippen LogP contribution is 2.49. The van der Waals surface area contributed by atoms with Crippen LogP contribution in [0.4, 0.5) is 0 Å². The van der Waals surface area contributed by atoms with Crippen LogP contribution in [0.5, 0.6) is 0 Å². The molecule has 0 bridgehead atoms. The summed E-state index contributed by atoms with van der Waals surface area (Å²) in [7, 11) is 0. The Morgan fingerprint density at radius 2 is 0.782 bits per heavy atom. The molecule has 6 aromatic heterocycles. The number of hydrogen-bond acceptors (Lipinski definition) is 4. The van der Waals surface area contributed by atoms with Crippen molar-refractivity contribution >= 4 is 82.4 Å². The third-order valence-corrected chi connectivity index (χ3v) is 15.9. The molecule has 1 aliphatic rings. The van der Waals surface area contributed by atoms with E-state index >= 15 is 0 Å². The Labute approximate surface area is 447 Å². The summed E-state index contributed by atoms with van der Waals surface area (Å²) in [6.45, 7) is 0. The van der Waals surface area contributed by atoms with Gasteiger partial charge in [0.2, 0.25) is 0 Å². The van der Waals surface area contributed by atoms with E-state index in [-0.39, 0.29) is 0 Å². The summed E-state index contributed by atoms with van der Waals surface area (Å²) < 4.78 is 9.72. The highest BCUT2D eigenvalue weighted by Gasteiger charge is 2.34. The lowest BCUT2D eigenvalue weighted by Crippen LogP contribution is -2.17. The van der Waals surface area contributed by atoms with Gasteiger partial charge >= 0.3 is 0 Å². The number of fused-ring (bicyclic) bond motifs is 12. The SMILES string of the molecule is N#Cc1ccc(-c2nc(-c3ccccc3)cc(-c3c(-n4c5c(c6ccccc64)CCC=C5)c(-n4c5ccccc5c5ccccc54)nc(-n4c5ccccc5c5ccccc54)c3-n3c4ccccc4c4ccccc43)n2)cc1. The van der Waals surface area contributed by atoms with Crippen molar-refractivity contribution in [1.82, 2.24) is 33.2 Å². The summed E-state index contributed by atoms with van der Waals surface area (Å²) in [6, 6.07) is 83.7. The molecule has 0 unspecified atom stereocenters. The van der Waals surface area contributed by atoms with Crippen molar-refractivity contribution < 1.29 is 0 Å². The van der Waals surface area contributed by atoms with Crippen LogP contribution in [0.3, 0.4) is 0 Å². The molecule has 0 amide bonds. The number of pyridine rings is 1. The van der Waals surface area contributed by atoms with Gasteiger partial charge in [-0.1, -0.05) is 164 Å². The molecule has 16 rings (SSSR count). The second-order valence-corrected chi connectivity index (χ2v) is 20.1. The van der Waals surface area contributed by atoms with Gasteiger partial charge in [0.15, 0.2) is 17.5 Å². The van der Waals surface area contributed by atoms with Gasteiger partial charge in [0, 0.05) is 54.5 Å². The second kappa shape index (κ2) is 17.2. The number of rotatable bonds is 7. The van der Waals surface area contributed by atoms with E-state index in [1.807, 2.05) is 30.3 Å². The Bertz CT molecular complexity index is 4880. The third-order valence-electron chi connectivity index (χ3n) is 15.9. The van der Waals surface area contributed by atoms with E-state index in [1.54, 1.807) is 0 Å². The minimum absolute atomic E-state index is 0.530. The van der Waals surface area contributed by atoms with Crippen LogP contribution in [-0.4, -0.2) is 33.2 Å². The first-order chi connectivity index (χ1) is 38.7. The molecular formula is C70H44N8. The average Bonchev–Trinajstić information content (AvgIpc) is 4.18. The van der Waals surface area contributed by atoms with E-state index in [9.17, 15) is 5.26 Å². The minimum atomic E-state index is 0.530. The van der Waals surface area contributed by atoms with Crippen LogP contribution in [0, 0.1) is 11.3 Å². The summed E-state index contributed by atoms with van der Waals surface area (Å²) in [6.07, 6.45) is 6.45. The minimum Gasteiger partial charge on any atom is -0.305 e. The molecule has 0 fully saturated rings. The maximum absolute atomic E-state index is 10.0. The zero-order valence-electron chi connectivity index (χ0n) is 42.1. The standard InChI is InChI=1S/C70H44N8/c71-43-44-38-40-46(41-39-44)68-72-55(45-20-2-1-3-21-45)42-56(73-68)65-66(75-57-30-12-4-22-47(57)48-23-5-13-31-58(48)75)69(77-61-34-16-8-26-51(61)52-27-9-17-35-62(52)77)74-70(78-63-36-18-10-28-53(63)54-29-11-19-37-64(54)78)67(65)76-59-32-14-6-24-49(59)50-25-7-15-33-60(50)76/h1-6,8-24,26-42H,7,25H2. The quantitative estimate of drug-likeness (QED) is 0.159. The van der Waals surface area contributed by atoms with Gasteiger partial charge in [0.25, 0.3) is 0 Å². The Morgan fingerprint density at radius 3 is 1.27 bits per heavy atom. The Kier molecular flexibility index (Phi) is 9.66. The van der Waals surface area contributed by atoms with E-state index in [0.717, 1.165) is 135 Å². The summed E-state index contributed by atoms with van der Waals surface area (Å²) in [4.78, 5) is 17.7. The molecule has 0 saturated heterocycles. The molecule has 0 N–H and O–H groups in total. The largest absolute Gasteiger partial charge is 0.305 e. The Morgan fingerprint density at radius 1 is 0.372 bits per heavy atom. The second-order valence-electron chi connectivity index (χ2n) is 20.1. The van der Waals surface area contributed by atoms with Crippen LogP contribution in [0.15, 0.2) is 237 Å². The van der Waals surface area contributed by atoms with Gasteiger partial charge in [-0.15, -0.1) is 0 Å². The van der Waals surface area contributed by atoms with Crippen molar-refractivity contribution in [3.05, 3.63) is 253 Å². The van der Waals surface area contributed by atoms with Crippen LogP contribution < -0.4 is 0 Å². The molecule has 0 spiro atoms. The summed E-state index contributed by atoms with van der Waals surface area (Å²) >= 11 is 0. The fourth-order valence-corrected chi connectivity index (χ4v) is 12.6. The molecule has 6 heterocycles. The van der Waals surface area contributed by atoms with Crippen LogP contribution >= 0.6 is 0 Å². The lowest BCUT2D eigenvalue weighted by Gasteiger charge is -2.27. The monoisotopic (exact) mass is 996 g/mol. The van der Waals surface area contributed by atoms with Crippen LogP contribution in [0.2, 0.25) is 0 Å². The average molecular weight is 997 g/mol. The molecule has 0 atom stereocenters. The summed E-state index contributed by atoms with van der Waals surface area (Å²) in [5.41, 5.74) is 16.0. The first-order valence-electron chi connectivity index (χ1n) is 26.5. The predicted molar refractivity (Wildman–Crippen MR) is 318 cm³/mol. The topological polar surface area (TPSA) is 82.2 Å². The molecule has 8 nitrogen and oxygen atoms in total. The van der Waals surface area contributed by atoms with Crippen molar-refractivity contribution in [3.63, 3.8) is 0 Å². The van der Waals surface area contributed by atoms with Gasteiger partial charge in [-0.25, -0.2) is 15.0 Å². The fraction of sp³-hybridized carbons (Fsp3) is 0.0286. The third kappa shape index (κ3) is 6.42. The summed E-state index contributed by atoms with van der Waals surface area (Å²) in [5.74, 6) is 2.00. The summed E-state index contributed by atoms with van der Waals surface area (Å²) in [5, 5.41) is 18.0. The highest BCUT2D eigenvalue weighted by molar-refractivity contribution is 6.14. The Balaban J connectivity index is 1.23. The number of hydrogen-bond donors (Lipinski definition) is 0. The van der Waals surface area contributed by atoms with Crippen molar-refractivity contribution in [2.24, 2.45) is 0 Å². The van der Waals surface area contributed by atoms with Crippen LogP contribution in [0.1, 0.15) is 23.2 Å². The van der Waals surface area contributed by atoms with Crippen LogP contribution in [-0.2, 0) is 6.42 Å². The van der Waals surface area contributed by atoms with E-state index in [2.05, 4.69) is 237 Å². The molecule has 0 aliphatic heterocycles. The molecular weight excluding hydrogens is 953 g/mol. The number of allylic oxidation sites excluding steroid dienone is 1. The number of para-hydroxylation sites is 7. The number of aryl methyl sites for hydroxylation is 1. The van der Waals surface area contributed by atoms with Gasteiger partial charge in [-0.05, 0) is 97.3 Å². The number of benzene rings is 9. The van der Waals surface area contributed by atoms with Gasteiger partial charge < -0.3 is 9.13 Å². The van der Waals surface area contributed by atoms with Crippen molar-refractivity contribution in [3.8, 4) is 63.0 Å². The molecule has 0 radical (unpaired) electrons. The molecule has 78 heavy (non-hydrogen) atoms. The lowest BCUT2D eigenvalue weighted by atomic mass is 10.0. The highest BCUT2D eigenvalue weighted by atomic mass is 15.2. The predicted octanol–water partition coefficient (Wildman–Crippen LogP) is 16.9. The fourth-order valence-electron chi connectivity index (χ4n) is 12.6. The van der Waals surface area contributed by atoms with E-state index in [4.69, 9.17) is 15.0 Å². The molecule has 364 valence electrons. The van der Waals surface area contributed by atoms with Gasteiger partial charge in [-0.3, -0.25) is 9.13 Å². The molecule has 8 heteroatoms. The van der Waals surface area contributed by atoms with E-state index in [0.29, 0.717) is 17.1 Å². The smallest absolute Gasteiger partial charge is 0.165 e. The van der Waals surface area contributed by atoms with Crippen molar-refractivity contribution in [2.75, 3.05) is 0 Å². The number of nitriles is 1. The first-order valence-corrected chi connectivity index (χ1v) is 26.5. The van der Waals surface area contributed by atoms with Gasteiger partial charge in [0.05, 0.1) is 67.2 Å². The molecule has 15 aromatic rings. The lowest BCUT2D eigenvalue weighted by molar-refractivity contribution is 0.931. The molecule has 9 aromatic carbocycles. The maximum Gasteiger partial charge on any atom is 0.165 e.